The Labute approximate surface area is 219 Å². The highest BCUT2D eigenvalue weighted by Gasteiger charge is 2.35. The van der Waals surface area contributed by atoms with Crippen molar-refractivity contribution in [3.8, 4) is 17.4 Å². The predicted octanol–water partition coefficient (Wildman–Crippen LogP) is 2.10. The molecule has 0 aliphatic carbocycles. The molecule has 0 saturated heterocycles. The summed E-state index contributed by atoms with van der Waals surface area (Å²) in [6.45, 7) is 3.10. The van der Waals surface area contributed by atoms with Crippen LogP contribution in [0.5, 0.6) is 5.88 Å². The first-order chi connectivity index (χ1) is 17.6. The predicted molar refractivity (Wildman–Crippen MR) is 139 cm³/mol. The van der Waals surface area contributed by atoms with Gasteiger partial charge >= 0.3 is 0 Å². The van der Waals surface area contributed by atoms with Crippen LogP contribution in [0.2, 0.25) is 5.02 Å². The summed E-state index contributed by atoms with van der Waals surface area (Å²) in [5.74, 6) is 0.436. The minimum Gasteiger partial charge on any atom is -0.481 e. The van der Waals surface area contributed by atoms with Gasteiger partial charge in [0.25, 0.3) is 0 Å². The van der Waals surface area contributed by atoms with Crippen molar-refractivity contribution in [2.45, 2.75) is 31.2 Å². The molecule has 37 heavy (non-hydrogen) atoms. The number of nitrogens with one attached hydrogen (secondary N) is 3. The average molecular weight is 551 g/mol. The molecular weight excluding hydrogens is 524 g/mol. The van der Waals surface area contributed by atoms with Crippen molar-refractivity contribution in [3.05, 3.63) is 41.4 Å². The van der Waals surface area contributed by atoms with Gasteiger partial charge in [-0.05, 0) is 19.9 Å². The lowest BCUT2D eigenvalue weighted by atomic mass is 10.2. The fourth-order valence-corrected chi connectivity index (χ4v) is 4.51. The lowest BCUT2D eigenvalue weighted by molar-refractivity contribution is 0.0950. The molecule has 0 bridgehead atoms. The monoisotopic (exact) mass is 550 g/mol. The van der Waals surface area contributed by atoms with E-state index in [1.54, 1.807) is 32.2 Å². The van der Waals surface area contributed by atoms with Gasteiger partial charge in [0.05, 0.1) is 24.5 Å². The average Bonchev–Trinajstić information content (AvgIpc) is 3.30. The summed E-state index contributed by atoms with van der Waals surface area (Å²) < 4.78 is 41.3. The van der Waals surface area contributed by atoms with E-state index in [1.165, 1.54) is 44.4 Å². The fourth-order valence-electron chi connectivity index (χ4n) is 3.28. The van der Waals surface area contributed by atoms with E-state index in [1.807, 2.05) is 0 Å². The number of sulfonamides is 1. The summed E-state index contributed by atoms with van der Waals surface area (Å²) in [4.78, 5) is 16.6. The minimum absolute atomic E-state index is 0.0869. The normalized spacial score (nSPS) is 14.2. The second-order valence-corrected chi connectivity index (χ2v) is 10.1. The van der Waals surface area contributed by atoms with Crippen molar-refractivity contribution in [2.75, 3.05) is 26.0 Å². The topological polar surface area (TPSA) is 182 Å². The number of nitrogens with zero attached hydrogens (tertiary/aromatic N) is 7. The Bertz CT molecular complexity index is 1360. The van der Waals surface area contributed by atoms with Gasteiger partial charge in [-0.1, -0.05) is 17.7 Å². The van der Waals surface area contributed by atoms with Crippen LogP contribution < -0.4 is 14.8 Å². The molecule has 3 N–H and O–H groups in total. The zero-order valence-electron chi connectivity index (χ0n) is 20.7. The highest BCUT2D eigenvalue weighted by molar-refractivity contribution is 7.93. The molecule has 16 heteroatoms. The number of rotatable bonds is 11. The molecule has 0 fully saturated rings. The molecule has 0 unspecified atom stereocenters. The Hall–Kier alpha value is -3.69. The Morgan fingerprint density at radius 1 is 1.22 bits per heavy atom. The Morgan fingerprint density at radius 3 is 2.54 bits per heavy atom. The molecule has 0 amide bonds. The number of hydrogen-bond acceptors (Lipinski definition) is 10. The second-order valence-electron chi connectivity index (χ2n) is 7.66. The molecule has 0 aromatic carbocycles. The molecule has 3 heterocycles. The van der Waals surface area contributed by atoms with Gasteiger partial charge in [-0.25, -0.2) is 28.4 Å². The zero-order chi connectivity index (χ0) is 27.2. The van der Waals surface area contributed by atoms with E-state index in [2.05, 4.69) is 40.2 Å². The molecule has 14 nitrogen and oxygen atoms in total. The third kappa shape index (κ3) is 6.36. The number of pyridine rings is 1. The number of methoxy groups -OCH3 is 2. The summed E-state index contributed by atoms with van der Waals surface area (Å²) in [7, 11) is 0.327. The van der Waals surface area contributed by atoms with Gasteiger partial charge in [-0.2, -0.15) is 0 Å². The van der Waals surface area contributed by atoms with Crippen LogP contribution in [0.15, 0.2) is 35.6 Å². The number of halogens is 1. The summed E-state index contributed by atoms with van der Waals surface area (Å²) in [6, 6.07) is 4.24. The summed E-state index contributed by atoms with van der Waals surface area (Å²) in [5, 5.41) is 18.4. The Balaban J connectivity index is 2.04. The third-order valence-electron chi connectivity index (χ3n) is 5.27. The standard InChI is InChI=1S/C21H27ClN10O4S/c1-12(18(23)27-11-24-3)32-20(15-7-6-8-16(28-15)35-4)29-30-21(32)31-37(33,34)13(2)17(36-5)19-25-9-14(22)10-26-19/h6-13,17H,1-5H3,(H,30,31)(H2,23,24,27)/t12-,13+,17+/m1/s1. The molecule has 0 aliphatic heterocycles. The van der Waals surface area contributed by atoms with Crippen molar-refractivity contribution in [1.29, 1.82) is 5.41 Å². The largest absolute Gasteiger partial charge is 0.481 e. The molecule has 3 aromatic rings. The van der Waals surface area contributed by atoms with Gasteiger partial charge in [0.15, 0.2) is 11.6 Å². The van der Waals surface area contributed by atoms with Gasteiger partial charge in [0.2, 0.25) is 21.9 Å². The molecule has 3 atom stereocenters. The van der Waals surface area contributed by atoms with Crippen LogP contribution in [0.3, 0.4) is 0 Å². The molecule has 0 spiro atoms. The fraction of sp³-hybridized carbons (Fsp3) is 0.381. The number of aliphatic imine (C=N–C) groups is 1. The smallest absolute Gasteiger partial charge is 0.240 e. The van der Waals surface area contributed by atoms with Crippen molar-refractivity contribution < 1.29 is 17.9 Å². The number of anilines is 1. The van der Waals surface area contributed by atoms with Crippen molar-refractivity contribution in [2.24, 2.45) is 4.99 Å². The maximum atomic E-state index is 13.4. The minimum atomic E-state index is -4.14. The van der Waals surface area contributed by atoms with Gasteiger partial charge in [0, 0.05) is 32.6 Å². The van der Waals surface area contributed by atoms with Gasteiger partial charge in [-0.3, -0.25) is 14.7 Å². The third-order valence-corrected chi connectivity index (χ3v) is 7.16. The molecule has 198 valence electrons. The van der Waals surface area contributed by atoms with Crippen molar-refractivity contribution >= 4 is 39.7 Å². The molecule has 3 rings (SSSR count). The number of aromatic nitrogens is 6. The highest BCUT2D eigenvalue weighted by Crippen LogP contribution is 2.29. The van der Waals surface area contributed by atoms with Crippen molar-refractivity contribution in [1.82, 2.24) is 35.0 Å². The molecule has 0 aliphatic rings. The van der Waals surface area contributed by atoms with E-state index in [4.69, 9.17) is 26.5 Å². The van der Waals surface area contributed by atoms with Crippen LogP contribution in [0, 0.1) is 5.41 Å². The van der Waals surface area contributed by atoms with E-state index >= 15 is 0 Å². The van der Waals surface area contributed by atoms with Crippen LogP contribution in [0.1, 0.15) is 31.8 Å². The quantitative estimate of drug-likeness (QED) is 0.236. The van der Waals surface area contributed by atoms with E-state index in [9.17, 15) is 8.42 Å². The van der Waals surface area contributed by atoms with Crippen LogP contribution >= 0.6 is 11.6 Å². The lowest BCUT2D eigenvalue weighted by Gasteiger charge is -2.23. The van der Waals surface area contributed by atoms with E-state index in [0.29, 0.717) is 16.6 Å². The van der Waals surface area contributed by atoms with Crippen LogP contribution in [0.25, 0.3) is 11.5 Å². The highest BCUT2D eigenvalue weighted by atomic mass is 35.5. The van der Waals surface area contributed by atoms with Gasteiger partial charge < -0.3 is 14.8 Å². The molecule has 0 saturated carbocycles. The SMILES string of the molecule is CN/C=N\C(=N)[C@@H](C)n1c(NS(=O)(=O)[C@@H](C)[C@H](OC)c2ncc(Cl)cn2)nnc1-c1cccc(OC)n1. The Morgan fingerprint density at radius 2 is 1.92 bits per heavy atom. The molecule has 3 aromatic heterocycles. The first kappa shape index (κ1) is 27.9. The van der Waals surface area contributed by atoms with E-state index in [0.717, 1.165) is 0 Å². The zero-order valence-corrected chi connectivity index (χ0v) is 22.3. The van der Waals surface area contributed by atoms with Crippen LogP contribution in [0.4, 0.5) is 5.95 Å². The van der Waals surface area contributed by atoms with E-state index < -0.39 is 27.4 Å². The molecular formula is C21H27ClN10O4S. The summed E-state index contributed by atoms with van der Waals surface area (Å²) in [5.41, 5.74) is 0.354. The molecule has 0 radical (unpaired) electrons. The van der Waals surface area contributed by atoms with Crippen LogP contribution in [-0.2, 0) is 14.8 Å². The second kappa shape index (κ2) is 12.0. The first-order valence-electron chi connectivity index (χ1n) is 10.9. The van der Waals surface area contributed by atoms with Crippen molar-refractivity contribution in [3.63, 3.8) is 0 Å². The number of amidine groups is 1. The maximum Gasteiger partial charge on any atom is 0.240 e. The van der Waals surface area contributed by atoms with Gasteiger partial charge in [0.1, 0.15) is 22.9 Å². The lowest BCUT2D eigenvalue weighted by Crippen LogP contribution is -2.34. The maximum absolute atomic E-state index is 13.4. The van der Waals surface area contributed by atoms with Gasteiger partial charge in [-0.15, -0.1) is 10.2 Å². The first-order valence-corrected chi connectivity index (χ1v) is 12.8. The number of ether oxygens (including phenoxy) is 2. The summed E-state index contributed by atoms with van der Waals surface area (Å²) >= 11 is 5.85. The van der Waals surface area contributed by atoms with Crippen LogP contribution in [-0.4, -0.2) is 76.8 Å². The number of hydrogen-bond donors (Lipinski definition) is 3. The van der Waals surface area contributed by atoms with E-state index in [-0.39, 0.29) is 23.4 Å². The summed E-state index contributed by atoms with van der Waals surface area (Å²) in [6.07, 6.45) is 3.03. The Kier molecular flexibility index (Phi) is 9.07.